The second-order valence-electron chi connectivity index (χ2n) is 5.29. The molecule has 2 aromatic carbocycles. The molecule has 0 atom stereocenters. The van der Waals surface area contributed by atoms with E-state index in [-0.39, 0.29) is 0 Å². The van der Waals surface area contributed by atoms with Crippen LogP contribution in [-0.4, -0.2) is 13.6 Å². The summed E-state index contributed by atoms with van der Waals surface area (Å²) in [5.41, 5.74) is 3.87. The molecule has 0 aromatic heterocycles. The van der Waals surface area contributed by atoms with Gasteiger partial charge in [-0.3, -0.25) is 0 Å². The second-order valence-corrected chi connectivity index (χ2v) is 5.72. The molecule has 0 saturated carbocycles. The Morgan fingerprint density at radius 3 is 2.48 bits per heavy atom. The number of halogens is 1. The summed E-state index contributed by atoms with van der Waals surface area (Å²) < 4.78 is 0. The molecule has 2 nitrogen and oxygen atoms in total. The van der Waals surface area contributed by atoms with Crippen LogP contribution in [0.5, 0.6) is 0 Å². The Bertz CT molecular complexity index is 551. The Balaban J connectivity index is 2.07. The predicted molar refractivity (Wildman–Crippen MR) is 92.0 cm³/mol. The van der Waals surface area contributed by atoms with Crippen LogP contribution in [0.3, 0.4) is 0 Å². The highest BCUT2D eigenvalue weighted by Gasteiger charge is 2.07. The van der Waals surface area contributed by atoms with Gasteiger partial charge in [-0.2, -0.15) is 0 Å². The van der Waals surface area contributed by atoms with Crippen molar-refractivity contribution < 1.29 is 0 Å². The van der Waals surface area contributed by atoms with Gasteiger partial charge in [0.2, 0.25) is 0 Å². The Labute approximate surface area is 132 Å². The lowest BCUT2D eigenvalue weighted by Gasteiger charge is -2.23. The van der Waals surface area contributed by atoms with Crippen molar-refractivity contribution in [3.63, 3.8) is 0 Å². The van der Waals surface area contributed by atoms with Gasteiger partial charge in [-0.15, -0.1) is 0 Å². The first kappa shape index (κ1) is 15.9. The predicted octanol–water partition coefficient (Wildman–Crippen LogP) is 4.48. The van der Waals surface area contributed by atoms with E-state index in [2.05, 4.69) is 60.6 Å². The Morgan fingerprint density at radius 1 is 1.05 bits per heavy atom. The van der Waals surface area contributed by atoms with E-state index in [0.717, 1.165) is 31.1 Å². The van der Waals surface area contributed by atoms with Gasteiger partial charge in [-0.1, -0.05) is 48.9 Å². The molecular weight excluding hydrogens is 280 g/mol. The number of anilines is 1. The lowest BCUT2D eigenvalue weighted by molar-refractivity contribution is 0.673. The zero-order valence-corrected chi connectivity index (χ0v) is 13.5. The molecular formula is C18H23ClN2. The standard InChI is InChI=1S/C18H23ClN2/c1-3-12-20-13-16-6-4-5-7-18(16)21(2)14-15-8-10-17(19)11-9-15/h4-11,20H,3,12-14H2,1-2H3. The molecule has 0 bridgehead atoms. The summed E-state index contributed by atoms with van der Waals surface area (Å²) in [7, 11) is 2.13. The Hall–Kier alpha value is -1.51. The van der Waals surface area contributed by atoms with Crippen LogP contribution in [0.1, 0.15) is 24.5 Å². The average Bonchev–Trinajstić information content (AvgIpc) is 2.50. The van der Waals surface area contributed by atoms with Crippen molar-refractivity contribution >= 4 is 17.3 Å². The molecule has 0 spiro atoms. The Kier molecular flexibility index (Phi) is 6.09. The van der Waals surface area contributed by atoms with E-state index >= 15 is 0 Å². The number of nitrogens with zero attached hydrogens (tertiary/aromatic N) is 1. The zero-order chi connectivity index (χ0) is 15.1. The van der Waals surface area contributed by atoms with Crippen LogP contribution in [0.2, 0.25) is 5.02 Å². The number of rotatable bonds is 7. The molecule has 1 N–H and O–H groups in total. The topological polar surface area (TPSA) is 15.3 Å². The summed E-state index contributed by atoms with van der Waals surface area (Å²) in [6.45, 7) is 5.03. The fourth-order valence-corrected chi connectivity index (χ4v) is 2.51. The van der Waals surface area contributed by atoms with Crippen molar-refractivity contribution in [3.05, 3.63) is 64.7 Å². The molecule has 0 unspecified atom stereocenters. The summed E-state index contributed by atoms with van der Waals surface area (Å²) in [5, 5.41) is 4.26. The van der Waals surface area contributed by atoms with E-state index < -0.39 is 0 Å². The van der Waals surface area contributed by atoms with Gasteiger partial charge < -0.3 is 10.2 Å². The fraction of sp³-hybridized carbons (Fsp3) is 0.333. The molecule has 0 aliphatic rings. The molecule has 2 rings (SSSR count). The molecule has 0 amide bonds. The van der Waals surface area contributed by atoms with Crippen molar-refractivity contribution in [2.75, 3.05) is 18.5 Å². The van der Waals surface area contributed by atoms with Crippen molar-refractivity contribution in [3.8, 4) is 0 Å². The largest absolute Gasteiger partial charge is 0.370 e. The van der Waals surface area contributed by atoms with Crippen LogP contribution in [0, 0.1) is 0 Å². The highest BCUT2D eigenvalue weighted by molar-refractivity contribution is 6.30. The molecule has 0 fully saturated rings. The molecule has 112 valence electrons. The minimum absolute atomic E-state index is 0.783. The monoisotopic (exact) mass is 302 g/mol. The molecule has 3 heteroatoms. The number of hydrogen-bond acceptors (Lipinski definition) is 2. The van der Waals surface area contributed by atoms with Gasteiger partial charge in [-0.25, -0.2) is 0 Å². The second kappa shape index (κ2) is 8.06. The van der Waals surface area contributed by atoms with Gasteiger partial charge in [0.15, 0.2) is 0 Å². The van der Waals surface area contributed by atoms with Gasteiger partial charge in [0.05, 0.1) is 0 Å². The SMILES string of the molecule is CCCNCc1ccccc1N(C)Cc1ccc(Cl)cc1. The quantitative estimate of drug-likeness (QED) is 0.759. The maximum Gasteiger partial charge on any atom is 0.0426 e. The number of para-hydroxylation sites is 1. The first-order chi connectivity index (χ1) is 10.2. The minimum atomic E-state index is 0.783. The lowest BCUT2D eigenvalue weighted by Crippen LogP contribution is -2.21. The van der Waals surface area contributed by atoms with E-state index in [1.54, 1.807) is 0 Å². The molecule has 0 aliphatic carbocycles. The fourth-order valence-electron chi connectivity index (χ4n) is 2.38. The molecule has 21 heavy (non-hydrogen) atoms. The van der Waals surface area contributed by atoms with Gasteiger partial charge in [0.1, 0.15) is 0 Å². The minimum Gasteiger partial charge on any atom is -0.370 e. The highest BCUT2D eigenvalue weighted by atomic mass is 35.5. The lowest BCUT2D eigenvalue weighted by atomic mass is 10.1. The molecule has 2 aromatic rings. The van der Waals surface area contributed by atoms with Crippen LogP contribution in [0.15, 0.2) is 48.5 Å². The molecule has 0 aliphatic heterocycles. The molecule has 0 saturated heterocycles. The van der Waals surface area contributed by atoms with E-state index in [1.165, 1.54) is 16.8 Å². The third-order valence-electron chi connectivity index (χ3n) is 3.48. The first-order valence-corrected chi connectivity index (χ1v) is 7.82. The van der Waals surface area contributed by atoms with E-state index in [9.17, 15) is 0 Å². The highest BCUT2D eigenvalue weighted by Crippen LogP contribution is 2.21. The van der Waals surface area contributed by atoms with Crippen LogP contribution < -0.4 is 10.2 Å². The van der Waals surface area contributed by atoms with E-state index in [0.29, 0.717) is 0 Å². The Morgan fingerprint density at radius 2 is 1.76 bits per heavy atom. The first-order valence-electron chi connectivity index (χ1n) is 7.45. The molecule has 0 heterocycles. The summed E-state index contributed by atoms with van der Waals surface area (Å²) in [6.07, 6.45) is 1.16. The van der Waals surface area contributed by atoms with Crippen molar-refractivity contribution in [2.24, 2.45) is 0 Å². The number of hydrogen-bond donors (Lipinski definition) is 1. The van der Waals surface area contributed by atoms with Gasteiger partial charge >= 0.3 is 0 Å². The van der Waals surface area contributed by atoms with E-state index in [1.807, 2.05) is 12.1 Å². The van der Waals surface area contributed by atoms with Crippen molar-refractivity contribution in [2.45, 2.75) is 26.4 Å². The van der Waals surface area contributed by atoms with Gasteiger partial charge in [-0.05, 0) is 42.3 Å². The smallest absolute Gasteiger partial charge is 0.0426 e. The van der Waals surface area contributed by atoms with Crippen LogP contribution in [0.25, 0.3) is 0 Å². The summed E-state index contributed by atoms with van der Waals surface area (Å²) in [4.78, 5) is 2.28. The number of benzene rings is 2. The van der Waals surface area contributed by atoms with Crippen LogP contribution in [0.4, 0.5) is 5.69 Å². The van der Waals surface area contributed by atoms with Crippen molar-refractivity contribution in [1.82, 2.24) is 5.32 Å². The summed E-state index contributed by atoms with van der Waals surface area (Å²) >= 11 is 5.94. The number of nitrogens with one attached hydrogen (secondary N) is 1. The maximum absolute atomic E-state index is 5.94. The zero-order valence-electron chi connectivity index (χ0n) is 12.8. The van der Waals surface area contributed by atoms with Crippen LogP contribution in [-0.2, 0) is 13.1 Å². The maximum atomic E-state index is 5.94. The van der Waals surface area contributed by atoms with E-state index in [4.69, 9.17) is 11.6 Å². The third kappa shape index (κ3) is 4.76. The summed E-state index contributed by atoms with van der Waals surface area (Å²) in [5.74, 6) is 0. The average molecular weight is 303 g/mol. The normalized spacial score (nSPS) is 10.6. The van der Waals surface area contributed by atoms with Crippen molar-refractivity contribution in [1.29, 1.82) is 0 Å². The molecule has 0 radical (unpaired) electrons. The van der Waals surface area contributed by atoms with Gasteiger partial charge in [0.25, 0.3) is 0 Å². The summed E-state index contributed by atoms with van der Waals surface area (Å²) in [6, 6.07) is 16.6. The third-order valence-corrected chi connectivity index (χ3v) is 3.73. The van der Waals surface area contributed by atoms with Crippen LogP contribution >= 0.6 is 11.6 Å². The van der Waals surface area contributed by atoms with Gasteiger partial charge in [0, 0.05) is 30.8 Å².